The van der Waals surface area contributed by atoms with Gasteiger partial charge in [0.1, 0.15) is 0 Å². The Bertz CT molecular complexity index is 1000. The molecular formula is C16H11ClF3N3O2. The van der Waals surface area contributed by atoms with Crippen LogP contribution in [-0.2, 0) is 0 Å². The second-order valence-corrected chi connectivity index (χ2v) is 5.62. The number of fused-ring (bicyclic) bond motifs is 1. The van der Waals surface area contributed by atoms with Crippen LogP contribution in [0, 0.1) is 6.92 Å². The molecule has 2 aromatic heterocycles. The summed E-state index contributed by atoms with van der Waals surface area (Å²) < 4.78 is 43.1. The SMILES string of the molecule is Cc1ccc2c(OCC(F)(F)F)nc(=O)n(-c3ccccc3Cl)c2n1. The summed E-state index contributed by atoms with van der Waals surface area (Å²) in [6.45, 7) is 0.135. The standard InChI is InChI=1S/C16H11ClF3N3O2/c1-9-6-7-10-13(21-9)23(12-5-3-2-4-11(12)17)15(24)22-14(10)25-8-16(18,19)20/h2-7H,8H2,1H3. The van der Waals surface area contributed by atoms with E-state index in [0.717, 1.165) is 4.57 Å². The Hall–Kier alpha value is -2.61. The van der Waals surface area contributed by atoms with Crippen LogP contribution in [0.15, 0.2) is 41.2 Å². The fourth-order valence-corrected chi connectivity index (χ4v) is 2.50. The van der Waals surface area contributed by atoms with E-state index in [9.17, 15) is 18.0 Å². The molecule has 0 aliphatic carbocycles. The zero-order valence-corrected chi connectivity index (χ0v) is 13.6. The van der Waals surface area contributed by atoms with E-state index < -0.39 is 24.4 Å². The van der Waals surface area contributed by atoms with Gasteiger partial charge in [0.15, 0.2) is 12.3 Å². The maximum atomic E-state index is 12.4. The molecular weight excluding hydrogens is 359 g/mol. The summed E-state index contributed by atoms with van der Waals surface area (Å²) in [5.74, 6) is -0.423. The predicted octanol–water partition coefficient (Wildman–Crippen LogP) is 3.68. The second kappa shape index (κ2) is 6.36. The fourth-order valence-electron chi connectivity index (χ4n) is 2.28. The van der Waals surface area contributed by atoms with Gasteiger partial charge < -0.3 is 4.74 Å². The summed E-state index contributed by atoms with van der Waals surface area (Å²) in [5.41, 5.74) is 0.175. The summed E-state index contributed by atoms with van der Waals surface area (Å²) in [5, 5.41) is 0.453. The number of aromatic nitrogens is 3. The number of ether oxygens (including phenoxy) is 1. The molecule has 0 aliphatic rings. The van der Waals surface area contributed by atoms with Crippen molar-refractivity contribution in [2.24, 2.45) is 0 Å². The van der Waals surface area contributed by atoms with Crippen LogP contribution >= 0.6 is 11.6 Å². The monoisotopic (exact) mass is 369 g/mol. The number of pyridine rings is 1. The molecule has 130 valence electrons. The number of para-hydroxylation sites is 1. The number of alkyl halides is 3. The van der Waals surface area contributed by atoms with E-state index in [1.807, 2.05) is 0 Å². The van der Waals surface area contributed by atoms with E-state index in [-0.39, 0.29) is 16.1 Å². The molecule has 0 N–H and O–H groups in total. The van der Waals surface area contributed by atoms with Gasteiger partial charge in [-0.3, -0.25) is 0 Å². The van der Waals surface area contributed by atoms with Gasteiger partial charge in [-0.15, -0.1) is 0 Å². The van der Waals surface area contributed by atoms with Crippen LogP contribution in [0.5, 0.6) is 5.88 Å². The Labute approximate surface area is 144 Å². The number of hydrogen-bond acceptors (Lipinski definition) is 4. The lowest BCUT2D eigenvalue weighted by Crippen LogP contribution is -2.26. The molecule has 0 radical (unpaired) electrons. The van der Waals surface area contributed by atoms with Crippen LogP contribution < -0.4 is 10.4 Å². The van der Waals surface area contributed by atoms with Crippen molar-refractivity contribution >= 4 is 22.6 Å². The van der Waals surface area contributed by atoms with Crippen LogP contribution in [0.1, 0.15) is 5.69 Å². The van der Waals surface area contributed by atoms with Gasteiger partial charge in [0.25, 0.3) is 0 Å². The third-order valence-corrected chi connectivity index (χ3v) is 3.63. The molecule has 0 saturated heterocycles. The fraction of sp³-hybridized carbons (Fsp3) is 0.188. The normalized spacial score (nSPS) is 11.7. The van der Waals surface area contributed by atoms with E-state index in [2.05, 4.69) is 9.97 Å². The van der Waals surface area contributed by atoms with Crippen molar-refractivity contribution in [3.8, 4) is 11.6 Å². The molecule has 0 amide bonds. The third-order valence-electron chi connectivity index (χ3n) is 3.31. The van der Waals surface area contributed by atoms with Crippen molar-refractivity contribution in [1.29, 1.82) is 0 Å². The first kappa shape index (κ1) is 17.2. The molecule has 1 aromatic carbocycles. The van der Waals surface area contributed by atoms with Gasteiger partial charge >= 0.3 is 11.9 Å². The van der Waals surface area contributed by atoms with Crippen LogP contribution in [0.3, 0.4) is 0 Å². The molecule has 5 nitrogen and oxygen atoms in total. The lowest BCUT2D eigenvalue weighted by atomic mass is 10.2. The molecule has 0 unspecified atom stereocenters. The molecule has 0 fully saturated rings. The highest BCUT2D eigenvalue weighted by Crippen LogP contribution is 2.27. The van der Waals surface area contributed by atoms with Gasteiger partial charge in [-0.25, -0.2) is 14.3 Å². The van der Waals surface area contributed by atoms with Gasteiger partial charge in [-0.2, -0.15) is 18.2 Å². The zero-order chi connectivity index (χ0) is 18.2. The second-order valence-electron chi connectivity index (χ2n) is 5.21. The van der Waals surface area contributed by atoms with Crippen molar-refractivity contribution in [3.63, 3.8) is 0 Å². The number of hydrogen-bond donors (Lipinski definition) is 0. The molecule has 9 heteroatoms. The molecule has 0 spiro atoms. The summed E-state index contributed by atoms with van der Waals surface area (Å²) in [6, 6.07) is 9.62. The smallest absolute Gasteiger partial charge is 0.422 e. The minimum atomic E-state index is -4.55. The number of aryl methyl sites for hydroxylation is 1. The number of benzene rings is 1. The molecule has 3 rings (SSSR count). The maximum Gasteiger partial charge on any atom is 0.422 e. The first-order valence-corrected chi connectivity index (χ1v) is 7.49. The van der Waals surface area contributed by atoms with E-state index in [1.165, 1.54) is 6.07 Å². The number of rotatable bonds is 3. The van der Waals surface area contributed by atoms with Gasteiger partial charge in [-0.1, -0.05) is 23.7 Å². The van der Waals surface area contributed by atoms with Crippen LogP contribution in [-0.4, -0.2) is 27.3 Å². The van der Waals surface area contributed by atoms with Crippen LogP contribution in [0.25, 0.3) is 16.7 Å². The van der Waals surface area contributed by atoms with Crippen molar-refractivity contribution in [3.05, 3.63) is 57.6 Å². The van der Waals surface area contributed by atoms with Gasteiger partial charge in [0.05, 0.1) is 16.1 Å². The molecule has 0 saturated carbocycles. The number of nitrogens with zero attached hydrogens (tertiary/aromatic N) is 3. The average Bonchev–Trinajstić information content (AvgIpc) is 2.53. The van der Waals surface area contributed by atoms with E-state index in [0.29, 0.717) is 11.4 Å². The maximum absolute atomic E-state index is 12.4. The quantitative estimate of drug-likeness (QED) is 0.706. The van der Waals surface area contributed by atoms with Crippen molar-refractivity contribution in [2.45, 2.75) is 13.1 Å². The van der Waals surface area contributed by atoms with Gasteiger partial charge in [0, 0.05) is 5.69 Å². The molecule has 0 bridgehead atoms. The van der Waals surface area contributed by atoms with Crippen LogP contribution in [0.2, 0.25) is 5.02 Å². The Balaban J connectivity index is 2.27. The molecule has 0 aliphatic heterocycles. The topological polar surface area (TPSA) is 57.0 Å². The Morgan fingerprint density at radius 3 is 2.56 bits per heavy atom. The summed E-state index contributed by atoms with van der Waals surface area (Å²) in [6.07, 6.45) is -4.55. The largest absolute Gasteiger partial charge is 0.467 e. The third kappa shape index (κ3) is 3.58. The lowest BCUT2D eigenvalue weighted by molar-refractivity contribution is -0.153. The highest BCUT2D eigenvalue weighted by molar-refractivity contribution is 6.32. The zero-order valence-electron chi connectivity index (χ0n) is 12.8. The highest BCUT2D eigenvalue weighted by Gasteiger charge is 2.29. The molecule has 0 atom stereocenters. The predicted molar refractivity (Wildman–Crippen MR) is 86.4 cm³/mol. The molecule has 2 heterocycles. The summed E-state index contributed by atoms with van der Waals surface area (Å²) in [7, 11) is 0. The highest BCUT2D eigenvalue weighted by atomic mass is 35.5. The Kier molecular flexibility index (Phi) is 4.38. The lowest BCUT2D eigenvalue weighted by Gasteiger charge is -2.14. The van der Waals surface area contributed by atoms with Crippen molar-refractivity contribution in [2.75, 3.05) is 6.61 Å². The van der Waals surface area contributed by atoms with Crippen LogP contribution in [0.4, 0.5) is 13.2 Å². The molecule has 25 heavy (non-hydrogen) atoms. The molecule has 3 aromatic rings. The van der Waals surface area contributed by atoms with Gasteiger partial charge in [-0.05, 0) is 31.2 Å². The van der Waals surface area contributed by atoms with E-state index in [4.69, 9.17) is 16.3 Å². The average molecular weight is 370 g/mol. The minimum Gasteiger partial charge on any atom is -0.467 e. The first-order valence-electron chi connectivity index (χ1n) is 7.11. The first-order chi connectivity index (χ1) is 11.8. The Morgan fingerprint density at radius 1 is 1.16 bits per heavy atom. The summed E-state index contributed by atoms with van der Waals surface area (Å²) >= 11 is 6.14. The van der Waals surface area contributed by atoms with Crippen molar-refractivity contribution < 1.29 is 17.9 Å². The van der Waals surface area contributed by atoms with Gasteiger partial charge in [0.2, 0.25) is 5.88 Å². The van der Waals surface area contributed by atoms with E-state index >= 15 is 0 Å². The Morgan fingerprint density at radius 2 is 1.88 bits per heavy atom. The number of halogens is 4. The minimum absolute atomic E-state index is 0.116. The van der Waals surface area contributed by atoms with Crippen molar-refractivity contribution in [1.82, 2.24) is 14.5 Å². The summed E-state index contributed by atoms with van der Waals surface area (Å²) in [4.78, 5) is 20.3. The van der Waals surface area contributed by atoms with E-state index in [1.54, 1.807) is 37.3 Å².